The minimum atomic E-state index is 0.439. The van der Waals surface area contributed by atoms with Crippen LogP contribution in [0.4, 0.5) is 0 Å². The van der Waals surface area contributed by atoms with Crippen molar-refractivity contribution in [3.05, 3.63) is 36.4 Å². The van der Waals surface area contributed by atoms with Crippen LogP contribution in [-0.4, -0.2) is 67.1 Å². The molecule has 0 aromatic heterocycles. The molecule has 0 fully saturated rings. The van der Waals surface area contributed by atoms with Crippen LogP contribution in [0, 0.1) is 0 Å². The molecule has 26 heavy (non-hydrogen) atoms. The fraction of sp³-hybridized carbons (Fsp3) is 0.500. The summed E-state index contributed by atoms with van der Waals surface area (Å²) in [4.78, 5) is 0. The number of rotatable bonds is 16. The first-order chi connectivity index (χ1) is 12.8. The van der Waals surface area contributed by atoms with E-state index in [0.29, 0.717) is 64.4 Å². The SMILES string of the molecule is C=Cc1cc(OCCOCCOC)c(C=C)cc1OCCOCCOC. The number of methoxy groups -OCH3 is 2. The Morgan fingerprint density at radius 1 is 0.654 bits per heavy atom. The van der Waals surface area contributed by atoms with Gasteiger partial charge in [0.2, 0.25) is 0 Å². The van der Waals surface area contributed by atoms with Gasteiger partial charge in [0.15, 0.2) is 0 Å². The highest BCUT2D eigenvalue weighted by Crippen LogP contribution is 2.30. The number of benzene rings is 1. The predicted octanol–water partition coefficient (Wildman–Crippen LogP) is 3.06. The van der Waals surface area contributed by atoms with Gasteiger partial charge in [-0.2, -0.15) is 0 Å². The zero-order valence-corrected chi connectivity index (χ0v) is 15.8. The average molecular weight is 366 g/mol. The number of hydrogen-bond donors (Lipinski definition) is 0. The van der Waals surface area contributed by atoms with Gasteiger partial charge < -0.3 is 28.4 Å². The molecule has 0 N–H and O–H groups in total. The third kappa shape index (κ3) is 8.49. The second kappa shape index (κ2) is 14.3. The molecule has 0 amide bonds. The molecule has 1 aromatic rings. The summed E-state index contributed by atoms with van der Waals surface area (Å²) < 4.78 is 32.2. The van der Waals surface area contributed by atoms with E-state index in [1.807, 2.05) is 12.1 Å². The van der Waals surface area contributed by atoms with E-state index in [2.05, 4.69) is 13.2 Å². The largest absolute Gasteiger partial charge is 0.491 e. The van der Waals surface area contributed by atoms with Crippen molar-refractivity contribution in [2.45, 2.75) is 0 Å². The minimum Gasteiger partial charge on any atom is -0.491 e. The highest BCUT2D eigenvalue weighted by molar-refractivity contribution is 5.66. The lowest BCUT2D eigenvalue weighted by molar-refractivity contribution is 0.0538. The van der Waals surface area contributed by atoms with Crippen LogP contribution in [0.25, 0.3) is 12.2 Å². The standard InChI is InChI=1S/C20H30O6/c1-5-17-15-20(26-14-12-24-10-8-22-4)18(6-2)16-19(17)25-13-11-23-9-7-21-3/h5-6,15-16H,1-2,7-14H2,3-4H3. The Labute approximate surface area is 156 Å². The molecule has 0 aliphatic heterocycles. The Morgan fingerprint density at radius 3 is 1.38 bits per heavy atom. The third-order valence-electron chi connectivity index (χ3n) is 3.42. The molecule has 0 aliphatic carbocycles. The predicted molar refractivity (Wildman–Crippen MR) is 103 cm³/mol. The lowest BCUT2D eigenvalue weighted by Gasteiger charge is -2.15. The maximum absolute atomic E-state index is 5.80. The Bertz CT molecular complexity index is 482. The summed E-state index contributed by atoms with van der Waals surface area (Å²) in [5, 5.41) is 0. The quantitative estimate of drug-likeness (QED) is 0.419. The summed E-state index contributed by atoms with van der Waals surface area (Å²) in [6, 6.07) is 3.78. The van der Waals surface area contributed by atoms with Gasteiger partial charge in [0.1, 0.15) is 24.7 Å². The van der Waals surface area contributed by atoms with Crippen LogP contribution in [0.1, 0.15) is 11.1 Å². The maximum atomic E-state index is 5.80. The number of ether oxygens (including phenoxy) is 6. The molecule has 0 saturated carbocycles. The zero-order chi connectivity index (χ0) is 19.0. The first-order valence-corrected chi connectivity index (χ1v) is 8.58. The van der Waals surface area contributed by atoms with Crippen molar-refractivity contribution < 1.29 is 28.4 Å². The monoisotopic (exact) mass is 366 g/mol. The molecule has 0 saturated heterocycles. The van der Waals surface area contributed by atoms with Crippen molar-refractivity contribution in [1.29, 1.82) is 0 Å². The molecule has 0 aliphatic rings. The Morgan fingerprint density at radius 2 is 1.04 bits per heavy atom. The molecular formula is C20H30O6. The van der Waals surface area contributed by atoms with Crippen LogP contribution in [0.15, 0.2) is 25.3 Å². The normalized spacial score (nSPS) is 10.5. The van der Waals surface area contributed by atoms with E-state index in [-0.39, 0.29) is 0 Å². The summed E-state index contributed by atoms with van der Waals surface area (Å²) in [5.74, 6) is 1.43. The summed E-state index contributed by atoms with van der Waals surface area (Å²) >= 11 is 0. The molecule has 0 atom stereocenters. The van der Waals surface area contributed by atoms with Crippen molar-refractivity contribution in [3.8, 4) is 11.5 Å². The first kappa shape index (κ1) is 22.2. The average Bonchev–Trinajstić information content (AvgIpc) is 2.67. The van der Waals surface area contributed by atoms with Crippen molar-refractivity contribution in [3.63, 3.8) is 0 Å². The van der Waals surface area contributed by atoms with Gasteiger partial charge in [0, 0.05) is 25.3 Å². The molecule has 6 heteroatoms. The Balaban J connectivity index is 2.56. The lowest BCUT2D eigenvalue weighted by atomic mass is 10.1. The van der Waals surface area contributed by atoms with Crippen LogP contribution >= 0.6 is 0 Å². The second-order valence-electron chi connectivity index (χ2n) is 5.24. The van der Waals surface area contributed by atoms with E-state index < -0.39 is 0 Å². The summed E-state index contributed by atoms with van der Waals surface area (Å²) in [5.41, 5.74) is 1.70. The molecule has 0 spiro atoms. The molecule has 6 nitrogen and oxygen atoms in total. The van der Waals surface area contributed by atoms with E-state index in [0.717, 1.165) is 11.1 Å². The molecule has 0 bridgehead atoms. The molecule has 1 aromatic carbocycles. The molecular weight excluding hydrogens is 336 g/mol. The van der Waals surface area contributed by atoms with E-state index in [4.69, 9.17) is 28.4 Å². The Hall–Kier alpha value is -1.86. The Kier molecular flexibility index (Phi) is 12.2. The van der Waals surface area contributed by atoms with Gasteiger partial charge in [-0.25, -0.2) is 0 Å². The van der Waals surface area contributed by atoms with Gasteiger partial charge in [0.25, 0.3) is 0 Å². The minimum absolute atomic E-state index is 0.439. The van der Waals surface area contributed by atoms with E-state index in [9.17, 15) is 0 Å². The van der Waals surface area contributed by atoms with Gasteiger partial charge >= 0.3 is 0 Å². The van der Waals surface area contributed by atoms with Gasteiger partial charge in [0.05, 0.1) is 39.6 Å². The maximum Gasteiger partial charge on any atom is 0.127 e. The second-order valence-corrected chi connectivity index (χ2v) is 5.24. The van der Waals surface area contributed by atoms with E-state index >= 15 is 0 Å². The fourth-order valence-corrected chi connectivity index (χ4v) is 2.07. The van der Waals surface area contributed by atoms with Crippen molar-refractivity contribution in [2.24, 2.45) is 0 Å². The summed E-state index contributed by atoms with van der Waals surface area (Å²) in [6.45, 7) is 11.8. The molecule has 0 heterocycles. The highest BCUT2D eigenvalue weighted by atomic mass is 16.5. The summed E-state index contributed by atoms with van der Waals surface area (Å²) in [6.07, 6.45) is 3.46. The first-order valence-electron chi connectivity index (χ1n) is 8.58. The van der Waals surface area contributed by atoms with E-state index in [1.165, 1.54) is 0 Å². The lowest BCUT2D eigenvalue weighted by Crippen LogP contribution is -2.11. The van der Waals surface area contributed by atoms with E-state index in [1.54, 1.807) is 26.4 Å². The molecule has 0 radical (unpaired) electrons. The van der Waals surface area contributed by atoms with Crippen molar-refractivity contribution >= 4 is 12.2 Å². The molecule has 0 unspecified atom stereocenters. The fourth-order valence-electron chi connectivity index (χ4n) is 2.07. The van der Waals surface area contributed by atoms with Crippen molar-refractivity contribution in [1.82, 2.24) is 0 Å². The van der Waals surface area contributed by atoms with Crippen molar-refractivity contribution in [2.75, 3.05) is 67.1 Å². The van der Waals surface area contributed by atoms with Crippen LogP contribution in [-0.2, 0) is 18.9 Å². The molecule has 146 valence electrons. The highest BCUT2D eigenvalue weighted by Gasteiger charge is 2.09. The van der Waals surface area contributed by atoms with Gasteiger partial charge in [-0.15, -0.1) is 0 Å². The van der Waals surface area contributed by atoms with Gasteiger partial charge in [-0.1, -0.05) is 25.3 Å². The van der Waals surface area contributed by atoms with Crippen LogP contribution in [0.5, 0.6) is 11.5 Å². The number of hydrogen-bond acceptors (Lipinski definition) is 6. The smallest absolute Gasteiger partial charge is 0.127 e. The third-order valence-corrected chi connectivity index (χ3v) is 3.42. The van der Waals surface area contributed by atoms with Gasteiger partial charge in [-0.3, -0.25) is 0 Å². The topological polar surface area (TPSA) is 55.4 Å². The van der Waals surface area contributed by atoms with Crippen LogP contribution in [0.3, 0.4) is 0 Å². The zero-order valence-electron chi connectivity index (χ0n) is 15.8. The summed E-state index contributed by atoms with van der Waals surface area (Å²) in [7, 11) is 3.28. The van der Waals surface area contributed by atoms with Crippen LogP contribution < -0.4 is 9.47 Å². The molecule has 1 rings (SSSR count). The van der Waals surface area contributed by atoms with Gasteiger partial charge in [-0.05, 0) is 12.1 Å². The van der Waals surface area contributed by atoms with Crippen LogP contribution in [0.2, 0.25) is 0 Å².